The molecule has 3 unspecified atom stereocenters. The average molecular weight is 251 g/mol. The van der Waals surface area contributed by atoms with Gasteiger partial charge in [0.05, 0.1) is 0 Å². The highest BCUT2D eigenvalue weighted by Crippen LogP contribution is 2.28. The van der Waals surface area contributed by atoms with Gasteiger partial charge in [0.15, 0.2) is 0 Å². The van der Waals surface area contributed by atoms with Crippen LogP contribution < -0.4 is 0 Å². The van der Waals surface area contributed by atoms with Crippen molar-refractivity contribution in [2.45, 2.75) is 57.4 Å². The van der Waals surface area contributed by atoms with Crippen LogP contribution in [-0.2, 0) is 4.79 Å². The zero-order valence-corrected chi connectivity index (χ0v) is 11.2. The summed E-state index contributed by atoms with van der Waals surface area (Å²) in [7, 11) is 0. The Morgan fingerprint density at radius 2 is 1.89 bits per heavy atom. The van der Waals surface area contributed by atoms with E-state index in [1.165, 1.54) is 25.7 Å². The molecule has 0 saturated carbocycles. The molecule has 18 heavy (non-hydrogen) atoms. The smallest absolute Gasteiger partial charge is 0.320 e. The molecule has 2 bridgehead atoms. The van der Waals surface area contributed by atoms with Crippen LogP contribution in [0.3, 0.4) is 0 Å². The van der Waals surface area contributed by atoms with Crippen LogP contribution in [0.25, 0.3) is 0 Å². The van der Waals surface area contributed by atoms with Gasteiger partial charge in [0.2, 0.25) is 0 Å². The Morgan fingerprint density at radius 1 is 1.11 bits per heavy atom. The number of carboxylic acids is 1. The fourth-order valence-electron chi connectivity index (χ4n) is 3.21. The van der Waals surface area contributed by atoms with E-state index in [4.69, 9.17) is 0 Å². The number of hydrogen-bond acceptors (Lipinski definition) is 2. The second-order valence-corrected chi connectivity index (χ2v) is 5.70. The summed E-state index contributed by atoms with van der Waals surface area (Å²) in [6.07, 6.45) is 13.9. The van der Waals surface area contributed by atoms with E-state index in [2.05, 4.69) is 17.1 Å². The molecule has 0 radical (unpaired) electrons. The molecular weight excluding hydrogens is 226 g/mol. The number of rotatable bonds is 1. The van der Waals surface area contributed by atoms with Crippen LogP contribution in [0.1, 0.15) is 51.4 Å². The van der Waals surface area contributed by atoms with E-state index in [0.29, 0.717) is 5.92 Å². The van der Waals surface area contributed by atoms with Crippen molar-refractivity contribution in [3.05, 3.63) is 12.2 Å². The molecule has 1 saturated heterocycles. The van der Waals surface area contributed by atoms with Crippen LogP contribution in [0.5, 0.6) is 0 Å². The summed E-state index contributed by atoms with van der Waals surface area (Å²) in [6.45, 7) is 1.96. The molecule has 2 aliphatic heterocycles. The molecule has 2 heterocycles. The van der Waals surface area contributed by atoms with E-state index in [1.807, 2.05) is 0 Å². The van der Waals surface area contributed by atoms with Gasteiger partial charge in [-0.25, -0.2) is 0 Å². The van der Waals surface area contributed by atoms with E-state index in [1.54, 1.807) is 0 Å². The van der Waals surface area contributed by atoms with Crippen molar-refractivity contribution in [2.24, 2.45) is 5.92 Å². The van der Waals surface area contributed by atoms with Gasteiger partial charge >= 0.3 is 5.97 Å². The minimum atomic E-state index is -0.625. The maximum absolute atomic E-state index is 11.3. The Bertz CT molecular complexity index is 301. The molecular formula is C15H25NO2. The number of carbonyl (C=O) groups is 1. The summed E-state index contributed by atoms with van der Waals surface area (Å²) in [6, 6.07) is -0.220. The van der Waals surface area contributed by atoms with Crippen molar-refractivity contribution in [1.82, 2.24) is 4.90 Å². The zero-order valence-electron chi connectivity index (χ0n) is 11.2. The Labute approximate surface area is 110 Å². The second-order valence-electron chi connectivity index (χ2n) is 5.70. The first kappa shape index (κ1) is 13.6. The summed E-state index contributed by atoms with van der Waals surface area (Å²) in [4.78, 5) is 13.5. The SMILES string of the molecule is O=C(O)C1CC2CCC=CCCCCCCN1C2. The highest BCUT2D eigenvalue weighted by Gasteiger charge is 2.35. The molecule has 0 spiro atoms. The van der Waals surface area contributed by atoms with Crippen molar-refractivity contribution >= 4 is 5.97 Å². The van der Waals surface area contributed by atoms with Crippen molar-refractivity contribution in [2.75, 3.05) is 13.1 Å². The minimum absolute atomic E-state index is 0.220. The summed E-state index contributed by atoms with van der Waals surface area (Å²) < 4.78 is 0. The van der Waals surface area contributed by atoms with Crippen LogP contribution in [-0.4, -0.2) is 35.1 Å². The van der Waals surface area contributed by atoms with Crippen LogP contribution in [0, 0.1) is 5.92 Å². The van der Waals surface area contributed by atoms with Crippen molar-refractivity contribution in [3.63, 3.8) is 0 Å². The van der Waals surface area contributed by atoms with Crippen molar-refractivity contribution in [1.29, 1.82) is 0 Å². The van der Waals surface area contributed by atoms with Crippen molar-refractivity contribution in [3.8, 4) is 0 Å². The molecule has 3 atom stereocenters. The zero-order chi connectivity index (χ0) is 12.8. The van der Waals surface area contributed by atoms with E-state index >= 15 is 0 Å². The number of carboxylic acid groups (broad SMARTS) is 1. The van der Waals surface area contributed by atoms with Crippen molar-refractivity contribution < 1.29 is 9.90 Å². The number of aliphatic carboxylic acids is 1. The summed E-state index contributed by atoms with van der Waals surface area (Å²) in [5.74, 6) is -0.0448. The van der Waals surface area contributed by atoms with E-state index in [-0.39, 0.29) is 6.04 Å². The van der Waals surface area contributed by atoms with Crippen LogP contribution in [0.15, 0.2) is 12.2 Å². The number of hydrogen-bond donors (Lipinski definition) is 1. The lowest BCUT2D eigenvalue weighted by molar-refractivity contribution is -0.142. The summed E-state index contributed by atoms with van der Waals surface area (Å²) >= 11 is 0. The third-order valence-corrected chi connectivity index (χ3v) is 4.25. The lowest BCUT2D eigenvalue weighted by Gasteiger charge is -2.20. The van der Waals surface area contributed by atoms with Gasteiger partial charge in [0, 0.05) is 6.54 Å². The molecule has 3 heteroatoms. The first-order chi connectivity index (χ1) is 8.77. The molecule has 3 nitrogen and oxygen atoms in total. The third kappa shape index (κ3) is 3.84. The van der Waals surface area contributed by atoms with Gasteiger partial charge < -0.3 is 5.11 Å². The predicted molar refractivity (Wildman–Crippen MR) is 72.6 cm³/mol. The van der Waals surface area contributed by atoms with Gasteiger partial charge in [-0.05, 0) is 51.0 Å². The Hall–Kier alpha value is -0.830. The monoisotopic (exact) mass is 251 g/mol. The quantitative estimate of drug-likeness (QED) is 0.728. The van der Waals surface area contributed by atoms with Gasteiger partial charge in [0.1, 0.15) is 6.04 Å². The lowest BCUT2D eigenvalue weighted by Crippen LogP contribution is -2.36. The van der Waals surface area contributed by atoms with Gasteiger partial charge in [-0.15, -0.1) is 0 Å². The van der Waals surface area contributed by atoms with Gasteiger partial charge in [-0.1, -0.05) is 25.0 Å². The van der Waals surface area contributed by atoms with E-state index in [0.717, 1.165) is 38.8 Å². The van der Waals surface area contributed by atoms with Gasteiger partial charge in [-0.2, -0.15) is 0 Å². The molecule has 0 amide bonds. The highest BCUT2D eigenvalue weighted by molar-refractivity contribution is 5.73. The number of nitrogens with zero attached hydrogens (tertiary/aromatic N) is 1. The average Bonchev–Trinajstić information content (AvgIpc) is 2.75. The molecule has 1 fully saturated rings. The summed E-state index contributed by atoms with van der Waals surface area (Å²) in [5, 5.41) is 9.29. The Kier molecular flexibility index (Phi) is 5.24. The molecule has 0 aliphatic carbocycles. The molecule has 0 aromatic rings. The van der Waals surface area contributed by atoms with Crippen LogP contribution >= 0.6 is 0 Å². The second kappa shape index (κ2) is 6.93. The normalized spacial score (nSPS) is 34.3. The van der Waals surface area contributed by atoms with E-state index in [9.17, 15) is 9.90 Å². The lowest BCUT2D eigenvalue weighted by atomic mass is 9.99. The molecule has 0 aromatic carbocycles. The first-order valence-corrected chi connectivity index (χ1v) is 7.39. The number of fused-ring (bicyclic) bond motifs is 2. The molecule has 1 N–H and O–H groups in total. The molecule has 2 aliphatic rings. The fourth-order valence-corrected chi connectivity index (χ4v) is 3.21. The summed E-state index contributed by atoms with van der Waals surface area (Å²) in [5.41, 5.74) is 0. The van der Waals surface area contributed by atoms with Crippen LogP contribution in [0.4, 0.5) is 0 Å². The maximum atomic E-state index is 11.3. The third-order valence-electron chi connectivity index (χ3n) is 4.25. The molecule has 102 valence electrons. The first-order valence-electron chi connectivity index (χ1n) is 7.39. The highest BCUT2D eigenvalue weighted by atomic mass is 16.4. The Balaban J connectivity index is 1.94. The maximum Gasteiger partial charge on any atom is 0.320 e. The molecule has 0 aromatic heterocycles. The van der Waals surface area contributed by atoms with Gasteiger partial charge in [-0.3, -0.25) is 9.69 Å². The molecule has 2 rings (SSSR count). The fraction of sp³-hybridized carbons (Fsp3) is 0.800. The van der Waals surface area contributed by atoms with E-state index < -0.39 is 5.97 Å². The predicted octanol–water partition coefficient (Wildman–Crippen LogP) is 3.06. The Morgan fingerprint density at radius 3 is 2.72 bits per heavy atom. The largest absolute Gasteiger partial charge is 0.480 e. The minimum Gasteiger partial charge on any atom is -0.480 e. The topological polar surface area (TPSA) is 40.5 Å². The standard InChI is InChI=1S/C15H25NO2/c17-15(18)14-11-13-9-7-5-3-1-2-4-6-8-10-16(14)12-13/h3,5,13-14H,1-2,4,6-12H2,(H,17,18). The van der Waals surface area contributed by atoms with Crippen LogP contribution in [0.2, 0.25) is 0 Å². The van der Waals surface area contributed by atoms with Gasteiger partial charge in [0.25, 0.3) is 0 Å². The number of allylic oxidation sites excluding steroid dienone is 2.